The van der Waals surface area contributed by atoms with E-state index in [-0.39, 0.29) is 23.6 Å². The fourth-order valence-electron chi connectivity index (χ4n) is 3.21. The Morgan fingerprint density at radius 2 is 1.69 bits per heavy atom. The molecule has 0 bridgehead atoms. The highest BCUT2D eigenvalue weighted by molar-refractivity contribution is 7.99. The lowest BCUT2D eigenvalue weighted by Gasteiger charge is -2.37. The van der Waals surface area contributed by atoms with Gasteiger partial charge in [-0.15, -0.1) is 11.8 Å². The molecular formula is C18H18Cl2N4OS. The number of fused-ring (bicyclic) bond motifs is 1. The summed E-state index contributed by atoms with van der Waals surface area (Å²) < 4.78 is 0. The first-order chi connectivity index (χ1) is 12.6. The number of benzene rings is 2. The second kappa shape index (κ2) is 7.66. The van der Waals surface area contributed by atoms with Gasteiger partial charge in [-0.1, -0.05) is 47.5 Å². The SMILES string of the molecule is O=C1NC(SCc2ccc(Cl)cc2)NC2C(c3ccc(Cl)cc3)CNN12. The summed E-state index contributed by atoms with van der Waals surface area (Å²) in [5.41, 5.74) is 5.33. The largest absolute Gasteiger partial charge is 0.335 e. The van der Waals surface area contributed by atoms with Crippen LogP contribution in [0.5, 0.6) is 0 Å². The number of hydrogen-bond acceptors (Lipinski definition) is 4. The molecule has 2 aromatic carbocycles. The maximum Gasteiger partial charge on any atom is 0.335 e. The van der Waals surface area contributed by atoms with Crippen molar-refractivity contribution >= 4 is 41.0 Å². The highest BCUT2D eigenvalue weighted by Crippen LogP contribution is 2.30. The minimum absolute atomic E-state index is 0.104. The first kappa shape index (κ1) is 17.9. The molecule has 136 valence electrons. The van der Waals surface area contributed by atoms with Crippen molar-refractivity contribution in [3.05, 3.63) is 69.7 Å². The average Bonchev–Trinajstić information content (AvgIpc) is 3.06. The van der Waals surface area contributed by atoms with E-state index in [1.165, 1.54) is 0 Å². The summed E-state index contributed by atoms with van der Waals surface area (Å²) in [5, 5.41) is 9.58. The topological polar surface area (TPSA) is 56.4 Å². The summed E-state index contributed by atoms with van der Waals surface area (Å²) in [6, 6.07) is 15.4. The molecule has 2 fully saturated rings. The normalized spacial score (nSPS) is 25.1. The van der Waals surface area contributed by atoms with Crippen LogP contribution in [0.2, 0.25) is 10.0 Å². The van der Waals surface area contributed by atoms with Crippen molar-refractivity contribution in [1.29, 1.82) is 0 Å². The number of hydrazine groups is 1. The van der Waals surface area contributed by atoms with Gasteiger partial charge in [0.2, 0.25) is 0 Å². The summed E-state index contributed by atoms with van der Waals surface area (Å²) in [6.45, 7) is 0.696. The first-order valence-corrected chi connectivity index (χ1v) is 10.1. The quantitative estimate of drug-likeness (QED) is 0.720. The molecule has 3 unspecified atom stereocenters. The van der Waals surface area contributed by atoms with Gasteiger partial charge in [0.15, 0.2) is 0 Å². The molecule has 0 saturated carbocycles. The van der Waals surface area contributed by atoms with Crippen molar-refractivity contribution < 1.29 is 4.79 Å². The van der Waals surface area contributed by atoms with Crippen molar-refractivity contribution in [2.45, 2.75) is 23.3 Å². The number of urea groups is 1. The van der Waals surface area contributed by atoms with E-state index in [2.05, 4.69) is 16.1 Å². The summed E-state index contributed by atoms with van der Waals surface area (Å²) in [6.07, 6.45) is -0.104. The molecular weight excluding hydrogens is 391 g/mol. The molecule has 2 aliphatic rings. The van der Waals surface area contributed by atoms with Gasteiger partial charge >= 0.3 is 6.03 Å². The van der Waals surface area contributed by atoms with Crippen molar-refractivity contribution in [2.75, 3.05) is 6.54 Å². The lowest BCUT2D eigenvalue weighted by molar-refractivity contribution is 0.128. The van der Waals surface area contributed by atoms with Crippen LogP contribution >= 0.6 is 35.0 Å². The van der Waals surface area contributed by atoms with E-state index < -0.39 is 0 Å². The molecule has 2 heterocycles. The van der Waals surface area contributed by atoms with Crippen LogP contribution in [-0.4, -0.2) is 29.2 Å². The van der Waals surface area contributed by atoms with Crippen molar-refractivity contribution in [1.82, 2.24) is 21.1 Å². The Hall–Kier alpha value is -1.44. The summed E-state index contributed by atoms with van der Waals surface area (Å²) in [5.74, 6) is 0.942. The summed E-state index contributed by atoms with van der Waals surface area (Å²) in [4.78, 5) is 12.4. The van der Waals surface area contributed by atoms with Crippen LogP contribution in [0.15, 0.2) is 48.5 Å². The maximum atomic E-state index is 12.4. The van der Waals surface area contributed by atoms with Crippen LogP contribution in [0.1, 0.15) is 17.0 Å². The third-order valence-corrected chi connectivity index (χ3v) is 6.16. The van der Waals surface area contributed by atoms with Gasteiger partial charge in [-0.05, 0) is 35.4 Å². The van der Waals surface area contributed by atoms with Crippen molar-refractivity contribution in [3.8, 4) is 0 Å². The van der Waals surface area contributed by atoms with E-state index in [0.29, 0.717) is 11.6 Å². The van der Waals surface area contributed by atoms with Gasteiger partial charge in [-0.3, -0.25) is 5.32 Å². The van der Waals surface area contributed by atoms with Crippen molar-refractivity contribution in [3.63, 3.8) is 0 Å². The van der Waals surface area contributed by atoms with E-state index >= 15 is 0 Å². The Kier molecular flexibility index (Phi) is 5.29. The number of carbonyl (C=O) groups excluding carboxylic acids is 1. The molecule has 2 aliphatic heterocycles. The zero-order valence-electron chi connectivity index (χ0n) is 13.8. The minimum atomic E-state index is -0.158. The van der Waals surface area contributed by atoms with Crippen molar-refractivity contribution in [2.24, 2.45) is 0 Å². The molecule has 3 N–H and O–H groups in total. The third-order valence-electron chi connectivity index (χ3n) is 4.56. The predicted molar refractivity (Wildman–Crippen MR) is 106 cm³/mol. The fourth-order valence-corrected chi connectivity index (χ4v) is 4.44. The van der Waals surface area contributed by atoms with Crippen LogP contribution in [0.3, 0.4) is 0 Å². The fraction of sp³-hybridized carbons (Fsp3) is 0.278. The molecule has 0 spiro atoms. The second-order valence-corrected chi connectivity index (χ2v) is 8.24. The molecule has 4 rings (SSSR count). The molecule has 26 heavy (non-hydrogen) atoms. The number of halogens is 2. The van der Waals surface area contributed by atoms with Crippen LogP contribution in [0.4, 0.5) is 4.79 Å². The highest BCUT2D eigenvalue weighted by Gasteiger charge is 2.43. The average molecular weight is 409 g/mol. The van der Waals surface area contributed by atoms with Crippen LogP contribution in [0.25, 0.3) is 0 Å². The minimum Gasteiger partial charge on any atom is -0.312 e. The number of nitrogens with one attached hydrogen (secondary N) is 3. The van der Waals surface area contributed by atoms with E-state index in [0.717, 1.165) is 21.9 Å². The van der Waals surface area contributed by atoms with Gasteiger partial charge in [0.1, 0.15) is 11.7 Å². The van der Waals surface area contributed by atoms with Crippen LogP contribution < -0.4 is 16.1 Å². The number of rotatable bonds is 4. The lowest BCUT2D eigenvalue weighted by Crippen LogP contribution is -2.65. The number of hydrogen-bond donors (Lipinski definition) is 3. The first-order valence-electron chi connectivity index (χ1n) is 8.31. The zero-order chi connectivity index (χ0) is 18.1. The molecule has 8 heteroatoms. The van der Waals surface area contributed by atoms with Gasteiger partial charge < -0.3 is 5.32 Å². The predicted octanol–water partition coefficient (Wildman–Crippen LogP) is 3.75. The molecule has 2 amide bonds. The summed E-state index contributed by atoms with van der Waals surface area (Å²) in [7, 11) is 0. The van der Waals surface area contributed by atoms with Crippen LogP contribution in [0, 0.1) is 0 Å². The van der Waals surface area contributed by atoms with Gasteiger partial charge in [0, 0.05) is 28.3 Å². The maximum absolute atomic E-state index is 12.4. The van der Waals surface area contributed by atoms with E-state index in [4.69, 9.17) is 23.2 Å². The number of thioether (sulfide) groups is 1. The highest BCUT2D eigenvalue weighted by atomic mass is 35.5. The molecule has 2 saturated heterocycles. The Bertz CT molecular complexity index is 787. The Morgan fingerprint density at radius 1 is 1.04 bits per heavy atom. The molecule has 0 aromatic heterocycles. The molecule has 5 nitrogen and oxygen atoms in total. The Morgan fingerprint density at radius 3 is 2.38 bits per heavy atom. The molecule has 3 atom stereocenters. The Labute approximate surface area is 166 Å². The molecule has 0 aliphatic carbocycles. The molecule has 2 aromatic rings. The van der Waals surface area contributed by atoms with E-state index in [1.54, 1.807) is 16.8 Å². The monoisotopic (exact) mass is 408 g/mol. The van der Waals surface area contributed by atoms with Gasteiger partial charge in [-0.25, -0.2) is 15.2 Å². The smallest absolute Gasteiger partial charge is 0.312 e. The lowest BCUT2D eigenvalue weighted by atomic mass is 9.97. The summed E-state index contributed by atoms with van der Waals surface area (Å²) >= 11 is 13.6. The van der Waals surface area contributed by atoms with Gasteiger partial charge in [-0.2, -0.15) is 0 Å². The zero-order valence-corrected chi connectivity index (χ0v) is 16.1. The number of amides is 2. The van der Waals surface area contributed by atoms with E-state index in [9.17, 15) is 4.79 Å². The van der Waals surface area contributed by atoms with Crippen LogP contribution in [-0.2, 0) is 5.75 Å². The third kappa shape index (κ3) is 3.80. The standard InChI is InChI=1S/C18H18Cl2N4OS/c19-13-5-1-11(2-6-13)10-26-17-22-16-15(9-21-24(16)18(25)23-17)12-3-7-14(20)8-4-12/h1-8,15-17,21-22H,9-10H2,(H,23,25). The second-order valence-electron chi connectivity index (χ2n) is 6.27. The van der Waals surface area contributed by atoms with E-state index in [1.807, 2.05) is 48.5 Å². The van der Waals surface area contributed by atoms with Gasteiger partial charge in [0.05, 0.1) is 0 Å². The number of nitrogens with zero attached hydrogens (tertiary/aromatic N) is 1. The van der Waals surface area contributed by atoms with Gasteiger partial charge in [0.25, 0.3) is 0 Å². The Balaban J connectivity index is 1.44. The molecule has 0 radical (unpaired) electrons. The number of carbonyl (C=O) groups is 1.